The van der Waals surface area contributed by atoms with Crippen molar-refractivity contribution in [1.82, 2.24) is 10.6 Å². The van der Waals surface area contributed by atoms with Crippen LogP contribution in [0.25, 0.3) is 0 Å². The number of carbonyl (C=O) groups is 2. The van der Waals surface area contributed by atoms with Crippen LogP contribution in [-0.2, 0) is 4.79 Å². The first kappa shape index (κ1) is 15.8. The molecule has 19 heavy (non-hydrogen) atoms. The van der Waals surface area contributed by atoms with Crippen LogP contribution in [0, 0.1) is 5.92 Å². The molecule has 0 aliphatic heterocycles. The summed E-state index contributed by atoms with van der Waals surface area (Å²) in [6.45, 7) is 5.79. The summed E-state index contributed by atoms with van der Waals surface area (Å²) >= 11 is 0. The van der Waals surface area contributed by atoms with Gasteiger partial charge in [0.1, 0.15) is 6.04 Å². The predicted octanol–water partition coefficient (Wildman–Crippen LogP) is 2.51. The van der Waals surface area contributed by atoms with Gasteiger partial charge in [-0.2, -0.15) is 0 Å². The Morgan fingerprint density at radius 2 is 1.84 bits per heavy atom. The summed E-state index contributed by atoms with van der Waals surface area (Å²) in [6.07, 6.45) is 6.08. The van der Waals surface area contributed by atoms with Gasteiger partial charge in [0.2, 0.25) is 0 Å². The quantitative estimate of drug-likeness (QED) is 0.718. The van der Waals surface area contributed by atoms with Crippen molar-refractivity contribution < 1.29 is 14.7 Å². The maximum atomic E-state index is 12.0. The first-order valence-electron chi connectivity index (χ1n) is 7.19. The van der Waals surface area contributed by atoms with Crippen LogP contribution in [0.4, 0.5) is 4.79 Å². The van der Waals surface area contributed by atoms with E-state index in [0.29, 0.717) is 6.42 Å². The van der Waals surface area contributed by atoms with E-state index < -0.39 is 12.0 Å². The van der Waals surface area contributed by atoms with Crippen molar-refractivity contribution >= 4 is 12.0 Å². The lowest BCUT2D eigenvalue weighted by molar-refractivity contribution is -0.140. The number of aliphatic carboxylic acids is 1. The van der Waals surface area contributed by atoms with Crippen LogP contribution < -0.4 is 10.6 Å². The Morgan fingerprint density at radius 3 is 2.32 bits per heavy atom. The van der Waals surface area contributed by atoms with Crippen LogP contribution in [0.3, 0.4) is 0 Å². The van der Waals surface area contributed by atoms with E-state index in [1.54, 1.807) is 0 Å². The van der Waals surface area contributed by atoms with E-state index in [2.05, 4.69) is 10.6 Å². The lowest BCUT2D eigenvalue weighted by Crippen LogP contribution is -2.55. The van der Waals surface area contributed by atoms with Gasteiger partial charge in [-0.05, 0) is 25.7 Å². The topological polar surface area (TPSA) is 78.4 Å². The van der Waals surface area contributed by atoms with Gasteiger partial charge in [-0.1, -0.05) is 39.5 Å². The number of nitrogens with one attached hydrogen (secondary N) is 2. The Hall–Kier alpha value is -1.26. The normalized spacial score (nSPS) is 21.2. The second-order valence-corrected chi connectivity index (χ2v) is 5.92. The van der Waals surface area contributed by atoms with Crippen molar-refractivity contribution in [3.05, 3.63) is 0 Å². The van der Waals surface area contributed by atoms with E-state index in [1.807, 2.05) is 20.8 Å². The van der Waals surface area contributed by atoms with Gasteiger partial charge in [0.05, 0.1) is 0 Å². The molecule has 2 atom stereocenters. The molecule has 0 unspecified atom stereocenters. The third kappa shape index (κ3) is 4.73. The highest BCUT2D eigenvalue weighted by molar-refractivity contribution is 5.83. The Labute approximate surface area is 115 Å². The summed E-state index contributed by atoms with van der Waals surface area (Å²) in [4.78, 5) is 23.1. The fourth-order valence-corrected chi connectivity index (χ4v) is 2.59. The summed E-state index contributed by atoms with van der Waals surface area (Å²) < 4.78 is 0. The number of carboxylic acids is 1. The number of carboxylic acid groups (broad SMARTS) is 1. The highest BCUT2D eigenvalue weighted by Crippen LogP contribution is 2.27. The lowest BCUT2D eigenvalue weighted by Gasteiger charge is -2.35. The van der Waals surface area contributed by atoms with Crippen molar-refractivity contribution in [3.63, 3.8) is 0 Å². The fourth-order valence-electron chi connectivity index (χ4n) is 2.59. The first-order chi connectivity index (χ1) is 8.88. The van der Waals surface area contributed by atoms with Crippen molar-refractivity contribution in [3.8, 4) is 0 Å². The van der Waals surface area contributed by atoms with E-state index in [0.717, 1.165) is 25.7 Å². The Kier molecular flexibility index (Phi) is 5.63. The van der Waals surface area contributed by atoms with Gasteiger partial charge in [-0.15, -0.1) is 0 Å². The molecule has 110 valence electrons. The summed E-state index contributed by atoms with van der Waals surface area (Å²) in [6, 6.07) is -1.19. The molecule has 2 amide bonds. The molecule has 0 radical (unpaired) electrons. The molecule has 1 saturated carbocycles. The van der Waals surface area contributed by atoms with Crippen LogP contribution in [0.5, 0.6) is 0 Å². The number of amides is 2. The molecule has 0 spiro atoms. The second-order valence-electron chi connectivity index (χ2n) is 5.92. The SMILES string of the molecule is CC[C@H](C)[C@H](NC(=O)NC1(C)CCCCC1)C(=O)O. The first-order valence-corrected chi connectivity index (χ1v) is 7.19. The van der Waals surface area contributed by atoms with Crippen molar-refractivity contribution in [2.75, 3.05) is 0 Å². The van der Waals surface area contributed by atoms with Crippen LogP contribution in [-0.4, -0.2) is 28.7 Å². The lowest BCUT2D eigenvalue weighted by atomic mass is 9.83. The molecule has 1 aliphatic rings. The zero-order valence-corrected chi connectivity index (χ0v) is 12.2. The van der Waals surface area contributed by atoms with Gasteiger partial charge in [-0.25, -0.2) is 9.59 Å². The largest absolute Gasteiger partial charge is 0.480 e. The molecular formula is C14H26N2O3. The highest BCUT2D eigenvalue weighted by atomic mass is 16.4. The molecule has 5 nitrogen and oxygen atoms in total. The van der Waals surface area contributed by atoms with E-state index >= 15 is 0 Å². The van der Waals surface area contributed by atoms with Crippen LogP contribution >= 0.6 is 0 Å². The minimum atomic E-state index is -0.974. The van der Waals surface area contributed by atoms with Crippen molar-refractivity contribution in [2.45, 2.75) is 70.9 Å². The Bertz CT molecular complexity index is 325. The smallest absolute Gasteiger partial charge is 0.326 e. The second kappa shape index (κ2) is 6.78. The summed E-state index contributed by atoms with van der Waals surface area (Å²) in [7, 11) is 0. The monoisotopic (exact) mass is 270 g/mol. The molecule has 3 N–H and O–H groups in total. The third-order valence-electron chi connectivity index (χ3n) is 4.14. The Balaban J connectivity index is 2.55. The summed E-state index contributed by atoms with van der Waals surface area (Å²) in [5.41, 5.74) is -0.194. The van der Waals surface area contributed by atoms with Crippen molar-refractivity contribution in [1.29, 1.82) is 0 Å². The molecule has 0 heterocycles. The molecule has 0 saturated heterocycles. The van der Waals surface area contributed by atoms with Gasteiger partial charge in [0.15, 0.2) is 0 Å². The average molecular weight is 270 g/mol. The average Bonchev–Trinajstić information content (AvgIpc) is 2.35. The molecule has 1 aliphatic carbocycles. The fraction of sp³-hybridized carbons (Fsp3) is 0.857. The molecule has 1 rings (SSSR count). The number of hydrogen-bond acceptors (Lipinski definition) is 2. The summed E-state index contributed by atoms with van der Waals surface area (Å²) in [5, 5.41) is 14.7. The highest BCUT2D eigenvalue weighted by Gasteiger charge is 2.31. The molecule has 0 aromatic carbocycles. The van der Waals surface area contributed by atoms with Crippen LogP contribution in [0.2, 0.25) is 0 Å². The molecule has 0 aromatic heterocycles. The maximum absolute atomic E-state index is 12.0. The zero-order chi connectivity index (χ0) is 14.5. The van der Waals surface area contributed by atoms with Gasteiger partial charge in [-0.3, -0.25) is 0 Å². The molecule has 0 aromatic rings. The van der Waals surface area contributed by atoms with Gasteiger partial charge in [0, 0.05) is 5.54 Å². The number of hydrogen-bond donors (Lipinski definition) is 3. The maximum Gasteiger partial charge on any atom is 0.326 e. The number of urea groups is 1. The van der Waals surface area contributed by atoms with E-state index in [4.69, 9.17) is 5.11 Å². The predicted molar refractivity (Wildman–Crippen MR) is 74.0 cm³/mol. The Morgan fingerprint density at radius 1 is 1.26 bits per heavy atom. The molecule has 0 bridgehead atoms. The molecule has 5 heteroatoms. The van der Waals surface area contributed by atoms with Gasteiger partial charge >= 0.3 is 12.0 Å². The van der Waals surface area contributed by atoms with Crippen LogP contribution in [0.1, 0.15) is 59.3 Å². The standard InChI is InChI=1S/C14H26N2O3/c1-4-10(2)11(12(17)18)15-13(19)16-14(3)8-6-5-7-9-14/h10-11H,4-9H2,1-3H3,(H,17,18)(H2,15,16,19)/t10-,11-/m0/s1. The van der Waals surface area contributed by atoms with E-state index in [-0.39, 0.29) is 17.5 Å². The summed E-state index contributed by atoms with van der Waals surface area (Å²) in [5.74, 6) is -1.05. The zero-order valence-electron chi connectivity index (χ0n) is 12.2. The van der Waals surface area contributed by atoms with Gasteiger partial charge < -0.3 is 15.7 Å². The number of rotatable bonds is 5. The van der Waals surface area contributed by atoms with E-state index in [9.17, 15) is 9.59 Å². The number of carbonyl (C=O) groups excluding carboxylic acids is 1. The van der Waals surface area contributed by atoms with Crippen LogP contribution in [0.15, 0.2) is 0 Å². The molecule has 1 fully saturated rings. The minimum absolute atomic E-state index is 0.0811. The minimum Gasteiger partial charge on any atom is -0.480 e. The van der Waals surface area contributed by atoms with E-state index in [1.165, 1.54) is 6.42 Å². The molecular weight excluding hydrogens is 244 g/mol. The van der Waals surface area contributed by atoms with Gasteiger partial charge in [0.25, 0.3) is 0 Å². The van der Waals surface area contributed by atoms with Crippen molar-refractivity contribution in [2.24, 2.45) is 5.92 Å². The third-order valence-corrected chi connectivity index (χ3v) is 4.14.